The number of aliphatic carboxylic acids is 1. The molecule has 40 heavy (non-hydrogen) atoms. The van der Waals surface area contributed by atoms with Crippen molar-refractivity contribution in [3.05, 3.63) is 98.3 Å². The van der Waals surface area contributed by atoms with Gasteiger partial charge in [0.15, 0.2) is 0 Å². The molecule has 2 amide bonds. The van der Waals surface area contributed by atoms with Crippen LogP contribution in [0, 0.1) is 11.3 Å². The van der Waals surface area contributed by atoms with E-state index in [1.54, 1.807) is 17.0 Å². The molecule has 0 aliphatic carbocycles. The average Bonchev–Trinajstić information content (AvgIpc) is 3.20. The van der Waals surface area contributed by atoms with E-state index in [1.165, 1.54) is 12.1 Å². The lowest BCUT2D eigenvalue weighted by Crippen LogP contribution is -2.45. The third-order valence-electron chi connectivity index (χ3n) is 6.91. The van der Waals surface area contributed by atoms with Crippen LogP contribution in [-0.4, -0.2) is 55.8 Å². The van der Waals surface area contributed by atoms with Gasteiger partial charge < -0.3 is 26.0 Å². The molecule has 0 spiro atoms. The van der Waals surface area contributed by atoms with Crippen LogP contribution in [0.15, 0.2) is 70.4 Å². The first-order valence-corrected chi connectivity index (χ1v) is 12.8. The van der Waals surface area contributed by atoms with Crippen LogP contribution >= 0.6 is 0 Å². The number of rotatable bonds is 11. The number of likely N-dealkylation sites (tertiary alicyclic amines) is 1. The van der Waals surface area contributed by atoms with Gasteiger partial charge in [-0.05, 0) is 49.1 Å². The van der Waals surface area contributed by atoms with Crippen LogP contribution in [0.25, 0.3) is 0 Å². The van der Waals surface area contributed by atoms with Crippen LogP contribution in [0.4, 0.5) is 5.69 Å². The number of carbonyl (C=O) groups excluding carboxylic acids is 2. The van der Waals surface area contributed by atoms with Crippen LogP contribution < -0.4 is 22.3 Å². The number of aromatic amines is 1. The molecule has 4 rings (SSSR count). The average molecular weight is 547 g/mol. The van der Waals surface area contributed by atoms with E-state index in [-0.39, 0.29) is 36.7 Å². The number of nitrogens with zero attached hydrogens (tertiary/aromatic N) is 2. The molecule has 1 aliphatic rings. The van der Waals surface area contributed by atoms with E-state index >= 15 is 0 Å². The molecule has 208 valence electrons. The maximum absolute atomic E-state index is 13.2. The number of nitrogens with one attached hydrogen (secondary N) is 3. The van der Waals surface area contributed by atoms with Crippen molar-refractivity contribution >= 4 is 29.3 Å². The maximum Gasteiger partial charge on any atom is 0.328 e. The lowest BCUT2D eigenvalue weighted by atomic mass is 10.0. The zero-order valence-corrected chi connectivity index (χ0v) is 21.6. The number of carbonyl (C=O) groups is 3. The number of amides is 2. The first-order chi connectivity index (χ1) is 19.1. The smallest absolute Gasteiger partial charge is 0.328 e. The summed E-state index contributed by atoms with van der Waals surface area (Å²) in [4.78, 5) is 67.2. The highest BCUT2D eigenvalue weighted by Gasteiger charge is 2.40. The highest BCUT2D eigenvalue weighted by molar-refractivity contribution is 6.04. The summed E-state index contributed by atoms with van der Waals surface area (Å²) in [6, 6.07) is 15.2. The van der Waals surface area contributed by atoms with Gasteiger partial charge in [0, 0.05) is 24.0 Å². The van der Waals surface area contributed by atoms with E-state index in [0.29, 0.717) is 30.6 Å². The van der Waals surface area contributed by atoms with Crippen molar-refractivity contribution in [2.45, 2.75) is 38.3 Å². The molecule has 0 radical (unpaired) electrons. The fourth-order valence-electron chi connectivity index (χ4n) is 4.90. The number of benzene rings is 2. The van der Waals surface area contributed by atoms with Gasteiger partial charge in [-0.15, -0.1) is 0 Å². The van der Waals surface area contributed by atoms with Crippen molar-refractivity contribution in [2.75, 3.05) is 11.9 Å². The number of carboxylic acid groups (broad SMARTS) is 1. The van der Waals surface area contributed by atoms with Gasteiger partial charge >= 0.3 is 11.7 Å². The van der Waals surface area contributed by atoms with Gasteiger partial charge in [0.1, 0.15) is 11.4 Å². The normalized spacial score (nSPS) is 16.6. The van der Waals surface area contributed by atoms with E-state index in [9.17, 15) is 29.1 Å². The largest absolute Gasteiger partial charge is 0.481 e. The summed E-state index contributed by atoms with van der Waals surface area (Å²) in [5.74, 6) is -3.08. The number of nitrogen functional groups attached to an aromatic ring is 1. The van der Waals surface area contributed by atoms with E-state index in [1.807, 2.05) is 30.3 Å². The molecule has 1 fully saturated rings. The number of anilines is 1. The van der Waals surface area contributed by atoms with Crippen molar-refractivity contribution in [2.24, 2.45) is 11.7 Å². The number of aromatic nitrogens is 2. The summed E-state index contributed by atoms with van der Waals surface area (Å²) in [6.45, 7) is 0.146. The Hall–Kier alpha value is -5.00. The molecule has 2 atom stereocenters. The Bertz CT molecular complexity index is 1530. The number of carboxylic acids is 1. The van der Waals surface area contributed by atoms with Gasteiger partial charge in [0.05, 0.1) is 24.9 Å². The molecule has 6 N–H and O–H groups in total. The monoisotopic (exact) mass is 546 g/mol. The molecule has 0 bridgehead atoms. The van der Waals surface area contributed by atoms with Crippen molar-refractivity contribution in [1.29, 1.82) is 5.41 Å². The molecule has 2 aromatic carbocycles. The second-order valence-electron chi connectivity index (χ2n) is 9.67. The van der Waals surface area contributed by atoms with Crippen LogP contribution in [0.1, 0.15) is 40.7 Å². The molecule has 1 aliphatic heterocycles. The van der Waals surface area contributed by atoms with Gasteiger partial charge in [0.25, 0.3) is 11.5 Å². The number of amidine groups is 1. The molecule has 12 heteroatoms. The van der Waals surface area contributed by atoms with Gasteiger partial charge in [-0.3, -0.25) is 29.2 Å². The minimum Gasteiger partial charge on any atom is -0.481 e. The molecule has 1 aromatic heterocycles. The molecule has 2 heterocycles. The number of H-pyrrole nitrogens is 1. The lowest BCUT2D eigenvalue weighted by molar-refractivity contribution is -0.142. The fraction of sp³-hybridized carbons (Fsp3) is 0.286. The van der Waals surface area contributed by atoms with Gasteiger partial charge in [-0.1, -0.05) is 30.3 Å². The summed E-state index contributed by atoms with van der Waals surface area (Å²) in [5.41, 5.74) is 5.47. The third-order valence-corrected chi connectivity index (χ3v) is 6.91. The SMILES string of the molecule is N=C(N)c1ccc(NC(=O)c2c[nH]c(=O)n(C[C@@H]3C[C@@H](CC(=O)O)C(=O)N3CCCc3ccccc3)c2=O)cc1. The van der Waals surface area contributed by atoms with Crippen molar-refractivity contribution < 1.29 is 19.5 Å². The van der Waals surface area contributed by atoms with E-state index in [4.69, 9.17) is 11.1 Å². The van der Waals surface area contributed by atoms with Crippen molar-refractivity contribution in [3.8, 4) is 0 Å². The summed E-state index contributed by atoms with van der Waals surface area (Å²) >= 11 is 0. The Balaban J connectivity index is 1.53. The van der Waals surface area contributed by atoms with Crippen molar-refractivity contribution in [1.82, 2.24) is 14.5 Å². The van der Waals surface area contributed by atoms with Gasteiger partial charge in [-0.25, -0.2) is 4.79 Å². The first kappa shape index (κ1) is 28.0. The Labute approximate surface area is 229 Å². The summed E-state index contributed by atoms with van der Waals surface area (Å²) in [5, 5.41) is 19.3. The van der Waals surface area contributed by atoms with Crippen molar-refractivity contribution in [3.63, 3.8) is 0 Å². The second kappa shape index (κ2) is 12.2. The lowest BCUT2D eigenvalue weighted by Gasteiger charge is -2.25. The highest BCUT2D eigenvalue weighted by atomic mass is 16.4. The predicted molar refractivity (Wildman–Crippen MR) is 147 cm³/mol. The Morgan fingerprint density at radius 3 is 2.42 bits per heavy atom. The molecule has 0 saturated carbocycles. The van der Waals surface area contributed by atoms with Crippen LogP contribution in [-0.2, 0) is 22.6 Å². The fourth-order valence-corrected chi connectivity index (χ4v) is 4.90. The minimum absolute atomic E-state index is 0.133. The topological polar surface area (TPSA) is 191 Å². The Morgan fingerprint density at radius 2 is 1.77 bits per heavy atom. The van der Waals surface area contributed by atoms with E-state index < -0.39 is 35.1 Å². The maximum atomic E-state index is 13.2. The predicted octanol–water partition coefficient (Wildman–Crippen LogP) is 1.40. The Morgan fingerprint density at radius 1 is 1.07 bits per heavy atom. The summed E-state index contributed by atoms with van der Waals surface area (Å²) in [7, 11) is 0. The van der Waals surface area contributed by atoms with Crippen LogP contribution in [0.2, 0.25) is 0 Å². The van der Waals surface area contributed by atoms with Crippen LogP contribution in [0.5, 0.6) is 0 Å². The highest BCUT2D eigenvalue weighted by Crippen LogP contribution is 2.28. The second-order valence-corrected chi connectivity index (χ2v) is 9.67. The zero-order valence-electron chi connectivity index (χ0n) is 21.6. The summed E-state index contributed by atoms with van der Waals surface area (Å²) < 4.78 is 0.874. The number of hydrogen-bond acceptors (Lipinski definition) is 6. The van der Waals surface area contributed by atoms with E-state index in [2.05, 4.69) is 10.3 Å². The number of hydrogen-bond donors (Lipinski definition) is 5. The zero-order chi connectivity index (χ0) is 28.8. The van der Waals surface area contributed by atoms with Crippen LogP contribution in [0.3, 0.4) is 0 Å². The molecule has 1 saturated heterocycles. The molecular formula is C28H30N6O6. The molecule has 0 unspecified atom stereocenters. The summed E-state index contributed by atoms with van der Waals surface area (Å²) in [6.07, 6.45) is 2.17. The Kier molecular flexibility index (Phi) is 8.57. The standard InChI is InChI=1S/C28H30N6O6/c29-24(30)18-8-10-20(11-9-18)32-25(37)22-15-31-28(40)34(27(22)39)16-21-13-19(14-23(35)36)26(38)33(21)12-4-7-17-5-2-1-3-6-17/h1-3,5-6,8-11,15,19,21H,4,7,12-14,16H2,(H3,29,30)(H,31,40)(H,32,37)(H,35,36)/t19-,21-/m0/s1. The number of aryl methyl sites for hydroxylation is 1. The molecule has 12 nitrogen and oxygen atoms in total. The first-order valence-electron chi connectivity index (χ1n) is 12.8. The minimum atomic E-state index is -1.10. The third kappa shape index (κ3) is 6.52. The quantitative estimate of drug-likeness (QED) is 0.177. The van der Waals surface area contributed by atoms with Gasteiger partial charge in [0.2, 0.25) is 5.91 Å². The molecular weight excluding hydrogens is 516 g/mol. The number of nitrogens with two attached hydrogens (primary N) is 1. The van der Waals surface area contributed by atoms with E-state index in [0.717, 1.165) is 16.3 Å². The molecule has 3 aromatic rings. The van der Waals surface area contributed by atoms with Gasteiger partial charge in [-0.2, -0.15) is 0 Å².